The van der Waals surface area contributed by atoms with Gasteiger partial charge < -0.3 is 9.32 Å². The van der Waals surface area contributed by atoms with Crippen LogP contribution >= 0.6 is 0 Å². The molecule has 0 radical (unpaired) electrons. The summed E-state index contributed by atoms with van der Waals surface area (Å²) < 4.78 is 6.65. The fourth-order valence-electron chi connectivity index (χ4n) is 10.9. The van der Waals surface area contributed by atoms with Gasteiger partial charge in [-0.05, 0) is 121 Å². The van der Waals surface area contributed by atoms with Crippen molar-refractivity contribution in [1.82, 2.24) is 0 Å². The normalized spacial score (nSPS) is 12.9. The summed E-state index contributed by atoms with van der Waals surface area (Å²) >= 11 is 0. The van der Waals surface area contributed by atoms with Gasteiger partial charge in [-0.2, -0.15) is 0 Å². The molecule has 0 amide bonds. The van der Waals surface area contributed by atoms with E-state index in [-0.39, 0.29) is 0 Å². The van der Waals surface area contributed by atoms with Gasteiger partial charge in [-0.3, -0.25) is 0 Å². The minimum atomic E-state index is -0.477. The Balaban J connectivity index is 1.11. The lowest BCUT2D eigenvalue weighted by atomic mass is 9.70. The standard InChI is InChI=1S/C61H39NO/c1-3-16-40(17-4-1)42-30-32-45(33-31-42)62(56-36-37-58-60(51-25-10-14-29-57(51)63-58)59(56)44-21-15-20-43(38-44)41-18-5-2-6-19-41)46-34-35-50-49-24-9-13-28-54(49)61(55(50)39-46)52-26-11-7-22-47(52)48-23-8-12-27-53(48)61/h1-39H. The molecule has 2 heteroatoms. The minimum absolute atomic E-state index is 0.477. The molecule has 2 nitrogen and oxygen atoms in total. The second-order valence-corrected chi connectivity index (χ2v) is 16.7. The van der Waals surface area contributed by atoms with Gasteiger partial charge in [0.25, 0.3) is 0 Å². The quantitative estimate of drug-likeness (QED) is 0.167. The van der Waals surface area contributed by atoms with Gasteiger partial charge in [-0.25, -0.2) is 0 Å². The SMILES string of the molecule is c1ccc(-c2ccc(N(c3ccc4c(c3)C3(c5ccccc5-c5ccccc53)c3ccccc3-4)c3ccc4oc5ccccc5c4c3-c3cccc(-c4ccccc4)c3)cc2)cc1. The number of para-hydroxylation sites is 1. The zero-order valence-corrected chi connectivity index (χ0v) is 34.4. The summed E-state index contributed by atoms with van der Waals surface area (Å²) in [5.74, 6) is 0. The Morgan fingerprint density at radius 2 is 0.825 bits per heavy atom. The predicted octanol–water partition coefficient (Wildman–Crippen LogP) is 16.4. The Hall–Kier alpha value is -8.20. The van der Waals surface area contributed by atoms with Crippen molar-refractivity contribution in [3.05, 3.63) is 259 Å². The van der Waals surface area contributed by atoms with E-state index in [1.54, 1.807) is 0 Å². The first-order chi connectivity index (χ1) is 31.3. The van der Waals surface area contributed by atoms with Crippen LogP contribution in [0.2, 0.25) is 0 Å². The lowest BCUT2D eigenvalue weighted by molar-refractivity contribution is 0.669. The summed E-state index contributed by atoms with van der Waals surface area (Å²) in [5, 5.41) is 2.19. The number of furan rings is 1. The van der Waals surface area contributed by atoms with Crippen LogP contribution in [0.4, 0.5) is 17.1 Å². The van der Waals surface area contributed by atoms with Crippen molar-refractivity contribution in [2.45, 2.75) is 5.41 Å². The van der Waals surface area contributed by atoms with E-state index in [1.165, 1.54) is 66.8 Å². The highest BCUT2D eigenvalue weighted by atomic mass is 16.3. The lowest BCUT2D eigenvalue weighted by Gasteiger charge is -2.33. The van der Waals surface area contributed by atoms with Gasteiger partial charge in [-0.15, -0.1) is 0 Å². The molecule has 13 rings (SSSR count). The van der Waals surface area contributed by atoms with Crippen LogP contribution in [0.25, 0.3) is 77.6 Å². The van der Waals surface area contributed by atoms with Crippen molar-refractivity contribution < 1.29 is 4.42 Å². The van der Waals surface area contributed by atoms with Gasteiger partial charge in [0.15, 0.2) is 0 Å². The van der Waals surface area contributed by atoms with E-state index >= 15 is 0 Å². The highest BCUT2D eigenvalue weighted by molar-refractivity contribution is 6.16. The molecule has 0 saturated carbocycles. The molecule has 2 aliphatic rings. The molecule has 1 heterocycles. The van der Waals surface area contributed by atoms with Crippen LogP contribution in [0.1, 0.15) is 22.3 Å². The molecule has 0 fully saturated rings. The Kier molecular flexibility index (Phi) is 7.85. The largest absolute Gasteiger partial charge is 0.456 e. The van der Waals surface area contributed by atoms with Crippen LogP contribution in [0.5, 0.6) is 0 Å². The molecule has 63 heavy (non-hydrogen) atoms. The molecule has 0 saturated heterocycles. The lowest BCUT2D eigenvalue weighted by Crippen LogP contribution is -2.26. The molecular formula is C61H39NO. The van der Waals surface area contributed by atoms with Crippen molar-refractivity contribution >= 4 is 39.0 Å². The van der Waals surface area contributed by atoms with E-state index in [0.717, 1.165) is 50.1 Å². The molecule has 0 N–H and O–H groups in total. The Morgan fingerprint density at radius 3 is 1.49 bits per heavy atom. The van der Waals surface area contributed by atoms with Gasteiger partial charge in [0, 0.05) is 27.7 Å². The van der Waals surface area contributed by atoms with E-state index in [0.29, 0.717) is 0 Å². The maximum absolute atomic E-state index is 6.65. The van der Waals surface area contributed by atoms with E-state index in [4.69, 9.17) is 4.42 Å². The van der Waals surface area contributed by atoms with Crippen LogP contribution in [-0.4, -0.2) is 0 Å². The van der Waals surface area contributed by atoms with Crippen LogP contribution < -0.4 is 4.90 Å². The third-order valence-electron chi connectivity index (χ3n) is 13.5. The molecule has 11 aromatic rings. The fraction of sp³-hybridized carbons (Fsp3) is 0.0164. The van der Waals surface area contributed by atoms with Gasteiger partial charge in [0.05, 0.1) is 11.1 Å². The summed E-state index contributed by atoms with van der Waals surface area (Å²) in [5.41, 5.74) is 21.9. The fourth-order valence-corrected chi connectivity index (χ4v) is 10.9. The number of fused-ring (bicyclic) bond motifs is 13. The molecule has 10 aromatic carbocycles. The molecule has 2 aliphatic carbocycles. The molecule has 0 atom stereocenters. The van der Waals surface area contributed by atoms with Crippen LogP contribution in [0, 0.1) is 0 Å². The zero-order chi connectivity index (χ0) is 41.5. The molecule has 0 bridgehead atoms. The van der Waals surface area contributed by atoms with E-state index in [9.17, 15) is 0 Å². The topological polar surface area (TPSA) is 16.4 Å². The number of nitrogens with zero attached hydrogens (tertiary/aromatic N) is 1. The second kappa shape index (κ2) is 13.9. The molecular weight excluding hydrogens is 763 g/mol. The Labute approximate surface area is 366 Å². The molecule has 0 aliphatic heterocycles. The summed E-state index contributed by atoms with van der Waals surface area (Å²) in [4.78, 5) is 2.48. The first-order valence-electron chi connectivity index (χ1n) is 21.8. The van der Waals surface area contributed by atoms with E-state index < -0.39 is 5.41 Å². The number of hydrogen-bond donors (Lipinski definition) is 0. The van der Waals surface area contributed by atoms with Crippen LogP contribution in [-0.2, 0) is 5.41 Å². The van der Waals surface area contributed by atoms with Gasteiger partial charge in [0.1, 0.15) is 11.2 Å². The van der Waals surface area contributed by atoms with Crippen molar-refractivity contribution in [1.29, 1.82) is 0 Å². The average Bonchev–Trinajstić information content (AvgIpc) is 3.99. The summed E-state index contributed by atoms with van der Waals surface area (Å²) in [6, 6.07) is 86.5. The number of anilines is 3. The number of rotatable bonds is 6. The first kappa shape index (κ1) is 35.5. The Morgan fingerprint density at radius 1 is 0.317 bits per heavy atom. The summed E-state index contributed by atoms with van der Waals surface area (Å²) in [7, 11) is 0. The molecule has 1 spiro atoms. The Bertz CT molecular complexity index is 3500. The van der Waals surface area contributed by atoms with E-state index in [2.05, 4.69) is 241 Å². The minimum Gasteiger partial charge on any atom is -0.456 e. The maximum Gasteiger partial charge on any atom is 0.136 e. The van der Waals surface area contributed by atoms with Crippen LogP contribution in [0.3, 0.4) is 0 Å². The monoisotopic (exact) mass is 801 g/mol. The highest BCUT2D eigenvalue weighted by Crippen LogP contribution is 2.63. The number of hydrogen-bond acceptors (Lipinski definition) is 2. The van der Waals surface area contributed by atoms with Gasteiger partial charge in [0.2, 0.25) is 0 Å². The molecule has 294 valence electrons. The van der Waals surface area contributed by atoms with Crippen molar-refractivity contribution in [2.24, 2.45) is 0 Å². The smallest absolute Gasteiger partial charge is 0.136 e. The molecule has 1 aromatic heterocycles. The van der Waals surface area contributed by atoms with Gasteiger partial charge >= 0.3 is 0 Å². The highest BCUT2D eigenvalue weighted by Gasteiger charge is 2.51. The van der Waals surface area contributed by atoms with Crippen molar-refractivity contribution in [2.75, 3.05) is 4.90 Å². The number of benzene rings is 10. The summed E-state index contributed by atoms with van der Waals surface area (Å²) in [6.45, 7) is 0. The third-order valence-corrected chi connectivity index (χ3v) is 13.5. The third kappa shape index (κ3) is 5.25. The zero-order valence-electron chi connectivity index (χ0n) is 34.4. The average molecular weight is 802 g/mol. The maximum atomic E-state index is 6.65. The first-order valence-corrected chi connectivity index (χ1v) is 21.8. The van der Waals surface area contributed by atoms with Crippen molar-refractivity contribution in [3.63, 3.8) is 0 Å². The van der Waals surface area contributed by atoms with Crippen molar-refractivity contribution in [3.8, 4) is 55.6 Å². The molecule has 0 unspecified atom stereocenters. The summed E-state index contributed by atoms with van der Waals surface area (Å²) in [6.07, 6.45) is 0. The second-order valence-electron chi connectivity index (χ2n) is 16.7. The van der Waals surface area contributed by atoms with E-state index in [1.807, 2.05) is 0 Å². The predicted molar refractivity (Wildman–Crippen MR) is 261 cm³/mol. The van der Waals surface area contributed by atoms with Gasteiger partial charge in [-0.1, -0.05) is 188 Å². The van der Waals surface area contributed by atoms with Crippen LogP contribution in [0.15, 0.2) is 241 Å².